The molecule has 0 fully saturated rings. The first-order valence-electron chi connectivity index (χ1n) is 6.56. The van der Waals surface area contributed by atoms with Crippen molar-refractivity contribution in [1.82, 2.24) is 10.2 Å². The molecule has 0 saturated heterocycles. The first kappa shape index (κ1) is 16.5. The normalized spacial score (nSPS) is 9.86. The van der Waals surface area contributed by atoms with Crippen LogP contribution in [0.2, 0.25) is 0 Å². The summed E-state index contributed by atoms with van der Waals surface area (Å²) < 4.78 is 5.26. The van der Waals surface area contributed by atoms with Crippen LogP contribution in [0, 0.1) is 10.1 Å². The number of carbonyl (C=O) groups excluding carboxylic acids is 1. The van der Waals surface area contributed by atoms with Gasteiger partial charge in [-0.2, -0.15) is 0 Å². The van der Waals surface area contributed by atoms with Gasteiger partial charge in [0.2, 0.25) is 0 Å². The van der Waals surface area contributed by atoms with Gasteiger partial charge >= 0.3 is 11.7 Å². The van der Waals surface area contributed by atoms with E-state index in [1.807, 2.05) is 0 Å². The maximum absolute atomic E-state index is 11.3. The Morgan fingerprint density at radius 3 is 2.67 bits per heavy atom. The molecule has 21 heavy (non-hydrogen) atoms. The van der Waals surface area contributed by atoms with Gasteiger partial charge in [-0.25, -0.2) is 4.79 Å². The number of nitro groups is 1. The number of benzene rings is 1. The van der Waals surface area contributed by atoms with E-state index in [0.29, 0.717) is 25.4 Å². The van der Waals surface area contributed by atoms with E-state index in [4.69, 9.17) is 4.74 Å². The topological polar surface area (TPSA) is 96.7 Å². The van der Waals surface area contributed by atoms with Gasteiger partial charge in [-0.1, -0.05) is 0 Å². The van der Waals surface area contributed by atoms with Gasteiger partial charge < -0.3 is 20.3 Å². The van der Waals surface area contributed by atoms with Crippen molar-refractivity contribution in [2.24, 2.45) is 0 Å². The van der Waals surface area contributed by atoms with E-state index in [9.17, 15) is 14.9 Å². The van der Waals surface area contributed by atoms with Gasteiger partial charge in [0.25, 0.3) is 0 Å². The fraction of sp³-hybridized carbons (Fsp3) is 0.462. The number of hydrogen-bond acceptors (Lipinski definition) is 5. The molecule has 0 bridgehead atoms. The third kappa shape index (κ3) is 5.17. The molecule has 1 aromatic rings. The van der Waals surface area contributed by atoms with Crippen LogP contribution in [0.1, 0.15) is 6.92 Å². The van der Waals surface area contributed by atoms with Crippen LogP contribution in [-0.2, 0) is 0 Å². The van der Waals surface area contributed by atoms with Crippen LogP contribution in [0.4, 0.5) is 16.2 Å². The molecule has 2 N–H and O–H groups in total. The van der Waals surface area contributed by atoms with Crippen molar-refractivity contribution < 1.29 is 14.5 Å². The average molecular weight is 296 g/mol. The van der Waals surface area contributed by atoms with Crippen molar-refractivity contribution in [3.8, 4) is 5.75 Å². The number of ether oxygens (including phenoxy) is 1. The zero-order valence-electron chi connectivity index (χ0n) is 12.4. The number of amides is 2. The second kappa shape index (κ2) is 7.93. The lowest BCUT2D eigenvalue weighted by atomic mass is 10.2. The van der Waals surface area contributed by atoms with Gasteiger partial charge in [-0.3, -0.25) is 10.1 Å². The zero-order valence-corrected chi connectivity index (χ0v) is 12.4. The van der Waals surface area contributed by atoms with Crippen molar-refractivity contribution in [2.75, 3.05) is 39.1 Å². The molecule has 1 rings (SSSR count). The summed E-state index contributed by atoms with van der Waals surface area (Å²) in [4.78, 5) is 23.1. The van der Waals surface area contributed by atoms with Gasteiger partial charge in [-0.05, 0) is 13.0 Å². The predicted molar refractivity (Wildman–Crippen MR) is 79.8 cm³/mol. The van der Waals surface area contributed by atoms with E-state index in [1.54, 1.807) is 33.2 Å². The van der Waals surface area contributed by atoms with Crippen molar-refractivity contribution in [1.29, 1.82) is 0 Å². The minimum atomic E-state index is -0.480. The number of nitrogens with zero attached hydrogens (tertiary/aromatic N) is 2. The van der Waals surface area contributed by atoms with Gasteiger partial charge in [-0.15, -0.1) is 0 Å². The summed E-state index contributed by atoms with van der Waals surface area (Å²) in [5.74, 6) is 0.227. The summed E-state index contributed by atoms with van der Waals surface area (Å²) in [6.07, 6.45) is 0. The van der Waals surface area contributed by atoms with E-state index < -0.39 is 4.92 Å². The van der Waals surface area contributed by atoms with Crippen LogP contribution in [0.5, 0.6) is 5.75 Å². The first-order valence-corrected chi connectivity index (χ1v) is 6.56. The number of nitro benzene ring substituents is 1. The maximum atomic E-state index is 11.3. The third-order valence-electron chi connectivity index (χ3n) is 2.59. The second-order valence-corrected chi connectivity index (χ2v) is 4.43. The zero-order chi connectivity index (χ0) is 15.8. The largest absolute Gasteiger partial charge is 0.487 e. The maximum Gasteiger partial charge on any atom is 0.316 e. The fourth-order valence-corrected chi connectivity index (χ4v) is 1.58. The van der Waals surface area contributed by atoms with E-state index >= 15 is 0 Å². The molecular weight excluding hydrogens is 276 g/mol. The summed E-state index contributed by atoms with van der Waals surface area (Å²) >= 11 is 0. The quantitative estimate of drug-likeness (QED) is 0.453. The Kier molecular flexibility index (Phi) is 6.25. The highest BCUT2D eigenvalue weighted by molar-refractivity contribution is 5.73. The highest BCUT2D eigenvalue weighted by atomic mass is 16.6. The minimum Gasteiger partial charge on any atom is -0.487 e. The van der Waals surface area contributed by atoms with E-state index in [-0.39, 0.29) is 17.5 Å². The second-order valence-electron chi connectivity index (χ2n) is 4.43. The standard InChI is InChI=1S/C13H20N4O4/c1-4-21-12-9-10(5-6-11(12)17(19)20)14-7-8-15-13(18)16(2)3/h5-6,9,14H,4,7-8H2,1-3H3,(H,15,18). The van der Waals surface area contributed by atoms with Gasteiger partial charge in [0, 0.05) is 45.0 Å². The predicted octanol–water partition coefficient (Wildman–Crippen LogP) is 1.68. The Labute approximate surface area is 123 Å². The van der Waals surface area contributed by atoms with Crippen molar-refractivity contribution in [3.63, 3.8) is 0 Å². The highest BCUT2D eigenvalue weighted by Gasteiger charge is 2.15. The number of rotatable bonds is 7. The van der Waals surface area contributed by atoms with Crippen LogP contribution in [0.15, 0.2) is 18.2 Å². The molecule has 0 spiro atoms. The van der Waals surface area contributed by atoms with Gasteiger partial charge in [0.15, 0.2) is 5.75 Å². The number of hydrogen-bond donors (Lipinski definition) is 2. The first-order chi connectivity index (χ1) is 9.95. The number of urea groups is 1. The van der Waals surface area contributed by atoms with Crippen LogP contribution >= 0.6 is 0 Å². The Morgan fingerprint density at radius 2 is 2.10 bits per heavy atom. The van der Waals surface area contributed by atoms with Crippen LogP contribution < -0.4 is 15.4 Å². The van der Waals surface area contributed by atoms with Gasteiger partial charge in [0.05, 0.1) is 11.5 Å². The Bertz CT molecular complexity index is 505. The molecule has 0 unspecified atom stereocenters. The Morgan fingerprint density at radius 1 is 1.38 bits per heavy atom. The molecule has 116 valence electrons. The van der Waals surface area contributed by atoms with E-state index in [1.165, 1.54) is 11.0 Å². The lowest BCUT2D eigenvalue weighted by Gasteiger charge is -2.13. The lowest BCUT2D eigenvalue weighted by molar-refractivity contribution is -0.385. The summed E-state index contributed by atoms with van der Waals surface area (Å²) in [5.41, 5.74) is 0.631. The van der Waals surface area contributed by atoms with Crippen molar-refractivity contribution in [3.05, 3.63) is 28.3 Å². The smallest absolute Gasteiger partial charge is 0.316 e. The van der Waals surface area contributed by atoms with Crippen molar-refractivity contribution >= 4 is 17.4 Å². The number of anilines is 1. The van der Waals surface area contributed by atoms with Gasteiger partial charge in [0.1, 0.15) is 0 Å². The third-order valence-corrected chi connectivity index (χ3v) is 2.59. The number of carbonyl (C=O) groups is 1. The molecule has 8 nitrogen and oxygen atoms in total. The Balaban J connectivity index is 2.58. The van der Waals surface area contributed by atoms with Crippen LogP contribution in [0.3, 0.4) is 0 Å². The summed E-state index contributed by atoms with van der Waals surface area (Å²) in [7, 11) is 3.32. The summed E-state index contributed by atoms with van der Waals surface area (Å²) in [6, 6.07) is 4.41. The molecule has 8 heteroatoms. The van der Waals surface area contributed by atoms with E-state index in [0.717, 1.165) is 0 Å². The molecule has 0 aliphatic carbocycles. The minimum absolute atomic E-state index is 0.0664. The molecule has 0 aromatic heterocycles. The molecule has 0 aliphatic heterocycles. The summed E-state index contributed by atoms with van der Waals surface area (Å²) in [5, 5.41) is 16.6. The lowest BCUT2D eigenvalue weighted by Crippen LogP contribution is -2.37. The fourth-order valence-electron chi connectivity index (χ4n) is 1.58. The average Bonchev–Trinajstić information content (AvgIpc) is 2.43. The molecule has 0 saturated carbocycles. The molecule has 0 radical (unpaired) electrons. The molecule has 2 amide bonds. The SMILES string of the molecule is CCOc1cc(NCCNC(=O)N(C)C)ccc1[N+](=O)[O-]. The molecule has 0 atom stereocenters. The number of nitrogens with one attached hydrogen (secondary N) is 2. The molecule has 0 heterocycles. The molecular formula is C13H20N4O4. The highest BCUT2D eigenvalue weighted by Crippen LogP contribution is 2.29. The summed E-state index contributed by atoms with van der Waals surface area (Å²) in [6.45, 7) is 3.06. The van der Waals surface area contributed by atoms with Crippen molar-refractivity contribution in [2.45, 2.75) is 6.92 Å². The van der Waals surface area contributed by atoms with E-state index in [2.05, 4.69) is 10.6 Å². The molecule has 0 aliphatic rings. The monoisotopic (exact) mass is 296 g/mol. The van der Waals surface area contributed by atoms with Crippen LogP contribution in [-0.4, -0.2) is 49.6 Å². The van der Waals surface area contributed by atoms with Crippen LogP contribution in [0.25, 0.3) is 0 Å². The Hall–Kier alpha value is -2.51. The molecule has 1 aromatic carbocycles.